The standard InChI is InChI=1S/C13H14Cl2N2OS/c14-9-5-10(15)7-11(6-9)16-13(19)17-12(18)8-3-1-2-4-8/h5-8H,1-4H2,(H2,16,17,18,19). The van der Waals surface area contributed by atoms with E-state index in [0.717, 1.165) is 25.7 Å². The van der Waals surface area contributed by atoms with Gasteiger partial charge in [0.25, 0.3) is 0 Å². The minimum absolute atomic E-state index is 0.0110. The van der Waals surface area contributed by atoms with E-state index in [1.165, 1.54) is 0 Å². The normalized spacial score (nSPS) is 15.3. The average molecular weight is 317 g/mol. The van der Waals surface area contributed by atoms with Crippen molar-refractivity contribution in [2.45, 2.75) is 25.7 Å². The van der Waals surface area contributed by atoms with Gasteiger partial charge in [0.1, 0.15) is 0 Å². The smallest absolute Gasteiger partial charge is 0.229 e. The van der Waals surface area contributed by atoms with E-state index in [9.17, 15) is 4.79 Å². The largest absolute Gasteiger partial charge is 0.332 e. The van der Waals surface area contributed by atoms with Gasteiger partial charge in [-0.25, -0.2) is 0 Å². The third kappa shape index (κ3) is 4.34. The van der Waals surface area contributed by atoms with Crippen LogP contribution in [0.25, 0.3) is 0 Å². The van der Waals surface area contributed by atoms with Crippen molar-refractivity contribution >= 4 is 52.1 Å². The lowest BCUT2D eigenvalue weighted by Crippen LogP contribution is -2.37. The maximum absolute atomic E-state index is 11.9. The molecule has 6 heteroatoms. The van der Waals surface area contributed by atoms with Gasteiger partial charge in [-0.1, -0.05) is 36.0 Å². The van der Waals surface area contributed by atoms with E-state index in [1.54, 1.807) is 18.2 Å². The predicted molar refractivity (Wildman–Crippen MR) is 82.8 cm³/mol. The molecule has 0 unspecified atom stereocenters. The highest BCUT2D eigenvalue weighted by atomic mass is 35.5. The van der Waals surface area contributed by atoms with Crippen LogP contribution in [0.3, 0.4) is 0 Å². The van der Waals surface area contributed by atoms with Crippen molar-refractivity contribution < 1.29 is 4.79 Å². The molecule has 19 heavy (non-hydrogen) atoms. The second kappa shape index (κ2) is 6.55. The highest BCUT2D eigenvalue weighted by molar-refractivity contribution is 7.80. The molecule has 1 fully saturated rings. The van der Waals surface area contributed by atoms with Crippen LogP contribution in [-0.4, -0.2) is 11.0 Å². The summed E-state index contributed by atoms with van der Waals surface area (Å²) in [6, 6.07) is 5.03. The fourth-order valence-electron chi connectivity index (χ4n) is 2.19. The zero-order chi connectivity index (χ0) is 13.8. The van der Waals surface area contributed by atoms with Crippen LogP contribution < -0.4 is 10.6 Å². The lowest BCUT2D eigenvalue weighted by Gasteiger charge is -2.13. The first-order chi connectivity index (χ1) is 9.04. The molecule has 102 valence electrons. The maximum atomic E-state index is 11.9. The van der Waals surface area contributed by atoms with Gasteiger partial charge >= 0.3 is 0 Å². The fourth-order valence-corrected chi connectivity index (χ4v) is 2.93. The number of rotatable bonds is 2. The number of hydrogen-bond donors (Lipinski definition) is 2. The lowest BCUT2D eigenvalue weighted by molar-refractivity contribution is -0.123. The Morgan fingerprint density at radius 2 is 1.74 bits per heavy atom. The van der Waals surface area contributed by atoms with Gasteiger partial charge in [-0.05, 0) is 43.3 Å². The number of thiocarbonyl (C=S) groups is 1. The molecule has 0 radical (unpaired) electrons. The Hall–Kier alpha value is -0.840. The van der Waals surface area contributed by atoms with Crippen molar-refractivity contribution in [3.8, 4) is 0 Å². The molecule has 2 rings (SSSR count). The van der Waals surface area contributed by atoms with Crippen LogP contribution in [-0.2, 0) is 4.79 Å². The number of benzene rings is 1. The Morgan fingerprint density at radius 3 is 2.32 bits per heavy atom. The molecule has 0 aliphatic heterocycles. The van der Waals surface area contributed by atoms with Gasteiger partial charge in [0.2, 0.25) is 5.91 Å². The average Bonchev–Trinajstić information content (AvgIpc) is 2.80. The molecule has 1 saturated carbocycles. The first-order valence-corrected chi connectivity index (χ1v) is 7.29. The summed E-state index contributed by atoms with van der Waals surface area (Å²) in [5, 5.41) is 6.91. The van der Waals surface area contributed by atoms with Crippen molar-refractivity contribution in [3.63, 3.8) is 0 Å². The SMILES string of the molecule is O=C(NC(=S)Nc1cc(Cl)cc(Cl)c1)C1CCCC1. The van der Waals surface area contributed by atoms with Gasteiger partial charge in [0.05, 0.1) is 0 Å². The first-order valence-electron chi connectivity index (χ1n) is 6.12. The Morgan fingerprint density at radius 1 is 1.16 bits per heavy atom. The Balaban J connectivity index is 1.91. The molecule has 0 heterocycles. The van der Waals surface area contributed by atoms with Crippen LogP contribution in [0.2, 0.25) is 10.0 Å². The van der Waals surface area contributed by atoms with Gasteiger partial charge in [-0.2, -0.15) is 0 Å². The van der Waals surface area contributed by atoms with Gasteiger partial charge < -0.3 is 10.6 Å². The second-order valence-corrected chi connectivity index (χ2v) is 5.86. The molecule has 0 aromatic heterocycles. The summed E-state index contributed by atoms with van der Waals surface area (Å²) >= 11 is 16.9. The molecule has 1 aliphatic rings. The lowest BCUT2D eigenvalue weighted by atomic mass is 10.1. The monoisotopic (exact) mass is 316 g/mol. The molecular formula is C13H14Cl2N2OS. The third-order valence-electron chi connectivity index (χ3n) is 3.08. The molecule has 3 nitrogen and oxygen atoms in total. The molecule has 1 amide bonds. The summed E-state index contributed by atoms with van der Waals surface area (Å²) in [6.07, 6.45) is 4.11. The molecule has 0 atom stereocenters. The van der Waals surface area contributed by atoms with Crippen molar-refractivity contribution in [3.05, 3.63) is 28.2 Å². The minimum atomic E-state index is -0.0110. The topological polar surface area (TPSA) is 41.1 Å². The predicted octanol–water partition coefficient (Wildman–Crippen LogP) is 4.00. The molecule has 1 aromatic rings. The summed E-state index contributed by atoms with van der Waals surface area (Å²) in [5.74, 6) is 0.0748. The van der Waals surface area contributed by atoms with Crippen LogP contribution in [0.4, 0.5) is 5.69 Å². The highest BCUT2D eigenvalue weighted by Crippen LogP contribution is 2.25. The first kappa shape index (κ1) is 14.6. The molecule has 0 saturated heterocycles. The van der Waals surface area contributed by atoms with Crippen LogP contribution in [0.5, 0.6) is 0 Å². The number of anilines is 1. The summed E-state index contributed by atoms with van der Waals surface area (Å²) in [4.78, 5) is 11.9. The van der Waals surface area contributed by atoms with Crippen molar-refractivity contribution in [1.29, 1.82) is 0 Å². The van der Waals surface area contributed by atoms with Crippen molar-refractivity contribution in [2.75, 3.05) is 5.32 Å². The third-order valence-corrected chi connectivity index (χ3v) is 3.72. The Bertz CT molecular complexity index is 481. The molecule has 1 aromatic carbocycles. The maximum Gasteiger partial charge on any atom is 0.229 e. The number of carbonyl (C=O) groups excluding carboxylic acids is 1. The van der Waals surface area contributed by atoms with E-state index in [2.05, 4.69) is 10.6 Å². The summed E-state index contributed by atoms with van der Waals surface area (Å²) < 4.78 is 0. The van der Waals surface area contributed by atoms with Crippen LogP contribution >= 0.6 is 35.4 Å². The molecule has 0 bridgehead atoms. The Labute approximate surface area is 127 Å². The van der Waals surface area contributed by atoms with E-state index in [-0.39, 0.29) is 16.9 Å². The summed E-state index contributed by atoms with van der Waals surface area (Å²) in [7, 11) is 0. The number of halogens is 2. The van der Waals surface area contributed by atoms with Gasteiger partial charge in [0.15, 0.2) is 5.11 Å². The van der Waals surface area contributed by atoms with Gasteiger partial charge in [-0.3, -0.25) is 4.79 Å². The van der Waals surface area contributed by atoms with Crippen LogP contribution in [0, 0.1) is 5.92 Å². The minimum Gasteiger partial charge on any atom is -0.332 e. The number of hydrogen-bond acceptors (Lipinski definition) is 2. The van der Waals surface area contributed by atoms with Gasteiger partial charge in [0, 0.05) is 21.7 Å². The van der Waals surface area contributed by atoms with Crippen LogP contribution in [0.1, 0.15) is 25.7 Å². The molecule has 1 aliphatic carbocycles. The number of nitrogens with one attached hydrogen (secondary N) is 2. The van der Waals surface area contributed by atoms with Crippen molar-refractivity contribution in [1.82, 2.24) is 5.32 Å². The van der Waals surface area contributed by atoms with E-state index in [0.29, 0.717) is 15.7 Å². The molecule has 2 N–H and O–H groups in total. The second-order valence-electron chi connectivity index (χ2n) is 4.58. The van der Waals surface area contributed by atoms with E-state index < -0.39 is 0 Å². The summed E-state index contributed by atoms with van der Waals surface area (Å²) in [5.41, 5.74) is 0.661. The zero-order valence-corrected chi connectivity index (χ0v) is 12.5. The van der Waals surface area contributed by atoms with Crippen molar-refractivity contribution in [2.24, 2.45) is 5.92 Å². The van der Waals surface area contributed by atoms with E-state index in [1.807, 2.05) is 0 Å². The zero-order valence-electron chi connectivity index (χ0n) is 10.2. The Kier molecular flexibility index (Phi) is 5.02. The number of amides is 1. The molecule has 0 spiro atoms. The quantitative estimate of drug-likeness (QED) is 0.810. The fraction of sp³-hybridized carbons (Fsp3) is 0.385. The van der Waals surface area contributed by atoms with E-state index >= 15 is 0 Å². The number of carbonyl (C=O) groups is 1. The van der Waals surface area contributed by atoms with E-state index in [4.69, 9.17) is 35.4 Å². The van der Waals surface area contributed by atoms with Crippen LogP contribution in [0.15, 0.2) is 18.2 Å². The summed E-state index contributed by atoms with van der Waals surface area (Å²) in [6.45, 7) is 0. The molecular weight excluding hydrogens is 303 g/mol. The van der Waals surface area contributed by atoms with Gasteiger partial charge in [-0.15, -0.1) is 0 Å². The highest BCUT2D eigenvalue weighted by Gasteiger charge is 2.23.